The lowest BCUT2D eigenvalue weighted by Crippen LogP contribution is -2.19. The molecule has 4 rings (SSSR count). The van der Waals surface area contributed by atoms with E-state index in [9.17, 15) is 0 Å². The molecule has 2 aromatic heterocycles. The zero-order valence-corrected chi connectivity index (χ0v) is 14.1. The molecule has 1 aliphatic heterocycles. The van der Waals surface area contributed by atoms with Crippen molar-refractivity contribution in [2.45, 2.75) is 18.9 Å². The maximum atomic E-state index is 5.51. The highest BCUT2D eigenvalue weighted by molar-refractivity contribution is 5.52. The van der Waals surface area contributed by atoms with Gasteiger partial charge in [0.25, 0.3) is 0 Å². The summed E-state index contributed by atoms with van der Waals surface area (Å²) in [4.78, 5) is 11.0. The van der Waals surface area contributed by atoms with Crippen molar-refractivity contribution in [3.8, 4) is 17.1 Å². The number of aromatic nitrogens is 3. The highest BCUT2D eigenvalue weighted by Crippen LogP contribution is 2.28. The van der Waals surface area contributed by atoms with Gasteiger partial charge in [-0.2, -0.15) is 4.98 Å². The summed E-state index contributed by atoms with van der Waals surface area (Å²) < 4.78 is 10.7. The van der Waals surface area contributed by atoms with Gasteiger partial charge in [0.15, 0.2) is 0 Å². The second kappa shape index (κ2) is 7.03. The molecule has 1 atom stereocenters. The molecule has 0 spiro atoms. The number of hydrogen-bond acceptors (Lipinski definition) is 6. The normalized spacial score (nSPS) is 17.7. The van der Waals surface area contributed by atoms with Gasteiger partial charge < -0.3 is 9.26 Å². The minimum absolute atomic E-state index is 0.293. The topological polar surface area (TPSA) is 64.3 Å². The molecule has 0 amide bonds. The molecule has 0 N–H and O–H groups in total. The molecule has 0 unspecified atom stereocenters. The number of methoxy groups -OCH3 is 1. The van der Waals surface area contributed by atoms with E-state index in [2.05, 4.69) is 32.2 Å². The Balaban J connectivity index is 1.39. The van der Waals surface area contributed by atoms with Crippen LogP contribution in [0.3, 0.4) is 0 Å². The first-order valence-electron chi connectivity index (χ1n) is 8.41. The molecule has 1 fully saturated rings. The average Bonchev–Trinajstić information content (AvgIpc) is 3.32. The lowest BCUT2D eigenvalue weighted by atomic mass is 10.1. The van der Waals surface area contributed by atoms with Crippen LogP contribution in [0.1, 0.15) is 23.8 Å². The first-order valence-corrected chi connectivity index (χ1v) is 8.41. The first-order chi connectivity index (χ1) is 12.3. The Morgan fingerprint density at radius 2 is 1.96 bits per heavy atom. The van der Waals surface area contributed by atoms with E-state index in [1.54, 1.807) is 19.5 Å². The largest absolute Gasteiger partial charge is 0.497 e. The van der Waals surface area contributed by atoms with Crippen molar-refractivity contribution in [2.75, 3.05) is 20.2 Å². The molecule has 3 aromatic rings. The molecule has 0 radical (unpaired) electrons. The number of ether oxygens (including phenoxy) is 1. The minimum Gasteiger partial charge on any atom is -0.497 e. The van der Waals surface area contributed by atoms with Gasteiger partial charge in [0.1, 0.15) is 5.75 Å². The number of benzene rings is 1. The Bertz CT molecular complexity index is 817. The van der Waals surface area contributed by atoms with E-state index in [-0.39, 0.29) is 0 Å². The molecule has 25 heavy (non-hydrogen) atoms. The predicted octanol–water partition coefficient (Wildman–Crippen LogP) is 3.13. The van der Waals surface area contributed by atoms with Crippen molar-refractivity contribution >= 4 is 0 Å². The molecule has 128 valence electrons. The molecule has 6 nitrogen and oxygen atoms in total. The molecule has 3 heterocycles. The van der Waals surface area contributed by atoms with Crippen molar-refractivity contribution in [1.82, 2.24) is 20.0 Å². The van der Waals surface area contributed by atoms with Crippen LogP contribution in [0.5, 0.6) is 5.75 Å². The summed E-state index contributed by atoms with van der Waals surface area (Å²) in [6.07, 6.45) is 4.50. The van der Waals surface area contributed by atoms with E-state index >= 15 is 0 Å². The SMILES string of the molecule is COc1ccc(CN2CC[C@H](c3nc(-c4ccncc4)no3)C2)cc1. The number of likely N-dealkylation sites (tertiary alicyclic amines) is 1. The molecule has 1 aliphatic rings. The Morgan fingerprint density at radius 1 is 1.16 bits per heavy atom. The molecule has 6 heteroatoms. The fraction of sp³-hybridized carbons (Fsp3) is 0.316. The highest BCUT2D eigenvalue weighted by Gasteiger charge is 2.28. The second-order valence-corrected chi connectivity index (χ2v) is 6.26. The molecule has 0 aliphatic carbocycles. The summed E-state index contributed by atoms with van der Waals surface area (Å²) in [5.74, 6) is 2.54. The van der Waals surface area contributed by atoms with E-state index in [4.69, 9.17) is 9.26 Å². The maximum Gasteiger partial charge on any atom is 0.231 e. The Labute approximate surface area is 146 Å². The third-order valence-electron chi connectivity index (χ3n) is 4.57. The quantitative estimate of drug-likeness (QED) is 0.713. The van der Waals surface area contributed by atoms with E-state index in [0.717, 1.165) is 43.3 Å². The average molecular weight is 336 g/mol. The van der Waals surface area contributed by atoms with Gasteiger partial charge in [0.2, 0.25) is 11.7 Å². The van der Waals surface area contributed by atoms with Gasteiger partial charge in [-0.05, 0) is 42.8 Å². The lowest BCUT2D eigenvalue weighted by molar-refractivity contribution is 0.309. The molecule has 1 saturated heterocycles. The van der Waals surface area contributed by atoms with Crippen molar-refractivity contribution in [1.29, 1.82) is 0 Å². The third-order valence-corrected chi connectivity index (χ3v) is 4.57. The fourth-order valence-corrected chi connectivity index (χ4v) is 3.19. The van der Waals surface area contributed by atoms with Gasteiger partial charge in [0.05, 0.1) is 13.0 Å². The van der Waals surface area contributed by atoms with Crippen LogP contribution < -0.4 is 4.74 Å². The number of rotatable bonds is 5. The smallest absolute Gasteiger partial charge is 0.231 e. The zero-order chi connectivity index (χ0) is 17.1. The number of hydrogen-bond donors (Lipinski definition) is 0. The first kappa shape index (κ1) is 15.8. The van der Waals surface area contributed by atoms with E-state index in [1.807, 2.05) is 24.3 Å². The van der Waals surface area contributed by atoms with Gasteiger partial charge in [-0.1, -0.05) is 17.3 Å². The van der Waals surface area contributed by atoms with Crippen LogP contribution in [0.2, 0.25) is 0 Å². The van der Waals surface area contributed by atoms with Crippen LogP contribution in [0.25, 0.3) is 11.4 Å². The summed E-state index contributed by atoms with van der Waals surface area (Å²) in [6.45, 7) is 2.89. The standard InChI is InChI=1S/C19H20N4O2/c1-24-17-4-2-14(3-5-17)12-23-11-8-16(13-23)19-21-18(22-25-19)15-6-9-20-10-7-15/h2-7,9-10,16H,8,11-13H2,1H3/t16-/m0/s1. The van der Waals surface area contributed by atoms with Crippen molar-refractivity contribution in [2.24, 2.45) is 0 Å². The van der Waals surface area contributed by atoms with Crippen molar-refractivity contribution in [3.05, 3.63) is 60.2 Å². The zero-order valence-electron chi connectivity index (χ0n) is 14.1. The lowest BCUT2D eigenvalue weighted by Gasteiger charge is -2.15. The van der Waals surface area contributed by atoms with Gasteiger partial charge in [-0.15, -0.1) is 0 Å². The van der Waals surface area contributed by atoms with Gasteiger partial charge in [-0.3, -0.25) is 9.88 Å². The van der Waals surface area contributed by atoms with Gasteiger partial charge >= 0.3 is 0 Å². The molecular weight excluding hydrogens is 316 g/mol. The van der Waals surface area contributed by atoms with Crippen LogP contribution >= 0.6 is 0 Å². The number of pyridine rings is 1. The van der Waals surface area contributed by atoms with Gasteiger partial charge in [0, 0.05) is 31.0 Å². The van der Waals surface area contributed by atoms with E-state index in [0.29, 0.717) is 11.7 Å². The summed E-state index contributed by atoms with van der Waals surface area (Å²) in [7, 11) is 1.69. The molecule has 0 saturated carbocycles. The number of nitrogens with zero attached hydrogens (tertiary/aromatic N) is 4. The minimum atomic E-state index is 0.293. The Morgan fingerprint density at radius 3 is 2.72 bits per heavy atom. The van der Waals surface area contributed by atoms with E-state index < -0.39 is 0 Å². The van der Waals surface area contributed by atoms with Gasteiger partial charge in [-0.25, -0.2) is 0 Å². The summed E-state index contributed by atoms with van der Waals surface area (Å²) in [6, 6.07) is 12.0. The predicted molar refractivity (Wildman–Crippen MR) is 93.2 cm³/mol. The molecule has 1 aromatic carbocycles. The van der Waals surface area contributed by atoms with Crippen molar-refractivity contribution < 1.29 is 9.26 Å². The van der Waals surface area contributed by atoms with Crippen molar-refractivity contribution in [3.63, 3.8) is 0 Å². The maximum absolute atomic E-state index is 5.51. The van der Waals surface area contributed by atoms with Crippen LogP contribution in [-0.2, 0) is 6.54 Å². The fourth-order valence-electron chi connectivity index (χ4n) is 3.19. The Kier molecular flexibility index (Phi) is 4.43. The highest BCUT2D eigenvalue weighted by atomic mass is 16.5. The van der Waals surface area contributed by atoms with Crippen LogP contribution in [0.15, 0.2) is 53.3 Å². The molecule has 0 bridgehead atoms. The van der Waals surface area contributed by atoms with Crippen LogP contribution in [-0.4, -0.2) is 40.2 Å². The molecular formula is C19H20N4O2. The third kappa shape index (κ3) is 3.53. The Hall–Kier alpha value is -2.73. The van der Waals surface area contributed by atoms with Crippen LogP contribution in [0, 0.1) is 0 Å². The van der Waals surface area contributed by atoms with E-state index in [1.165, 1.54) is 5.56 Å². The van der Waals surface area contributed by atoms with Crippen LogP contribution in [0.4, 0.5) is 0 Å². The second-order valence-electron chi connectivity index (χ2n) is 6.26. The summed E-state index contributed by atoms with van der Waals surface area (Å²) in [5, 5.41) is 4.11. The monoisotopic (exact) mass is 336 g/mol. The summed E-state index contributed by atoms with van der Waals surface area (Å²) in [5.41, 5.74) is 2.21. The summed E-state index contributed by atoms with van der Waals surface area (Å²) >= 11 is 0.